The maximum atomic E-state index is 5.39. The van der Waals surface area contributed by atoms with Gasteiger partial charge in [0.25, 0.3) is 0 Å². The lowest BCUT2D eigenvalue weighted by atomic mass is 10.2. The molecule has 1 heterocycles. The molecule has 0 aliphatic carbocycles. The minimum Gasteiger partial charge on any atom is -0.378 e. The molecule has 1 rings (SSSR count). The van der Waals surface area contributed by atoms with E-state index in [9.17, 15) is 0 Å². The summed E-state index contributed by atoms with van der Waals surface area (Å²) in [7, 11) is 2.17. The molecule has 1 N–H and O–H groups in total. The van der Waals surface area contributed by atoms with Crippen LogP contribution in [0.1, 0.15) is 0 Å². The highest BCUT2D eigenvalue weighted by atomic mass is 32.2. The molecular formula is C9H20N2OS. The van der Waals surface area contributed by atoms with E-state index >= 15 is 0 Å². The second-order valence-corrected chi connectivity index (χ2v) is 4.47. The lowest BCUT2D eigenvalue weighted by Crippen LogP contribution is -2.47. The average Bonchev–Trinajstić information content (AvgIpc) is 2.16. The summed E-state index contributed by atoms with van der Waals surface area (Å²) in [6.45, 7) is 5.00. The Morgan fingerprint density at radius 3 is 3.08 bits per heavy atom. The Bertz CT molecular complexity index is 129. The number of nitrogens with zero attached hydrogens (tertiary/aromatic N) is 1. The van der Waals surface area contributed by atoms with Gasteiger partial charge in [-0.05, 0) is 13.3 Å². The van der Waals surface area contributed by atoms with Gasteiger partial charge in [-0.25, -0.2) is 0 Å². The first kappa shape index (κ1) is 11.3. The van der Waals surface area contributed by atoms with Crippen molar-refractivity contribution in [1.82, 2.24) is 10.2 Å². The molecule has 0 aromatic carbocycles. The summed E-state index contributed by atoms with van der Waals surface area (Å²) in [6, 6.07) is 0.528. The maximum Gasteiger partial charge on any atom is 0.0632 e. The molecule has 0 amide bonds. The van der Waals surface area contributed by atoms with Gasteiger partial charge < -0.3 is 15.0 Å². The van der Waals surface area contributed by atoms with Crippen LogP contribution in [0.4, 0.5) is 0 Å². The molecule has 4 heteroatoms. The van der Waals surface area contributed by atoms with E-state index in [2.05, 4.69) is 23.5 Å². The van der Waals surface area contributed by atoms with Crippen molar-refractivity contribution in [3.8, 4) is 0 Å². The SMILES string of the molecule is CSCCN(C)CC1COCCN1. The molecule has 0 saturated carbocycles. The number of hydrogen-bond acceptors (Lipinski definition) is 4. The molecule has 1 aliphatic rings. The van der Waals surface area contributed by atoms with Gasteiger partial charge in [0.15, 0.2) is 0 Å². The molecule has 1 aliphatic heterocycles. The summed E-state index contributed by atoms with van der Waals surface area (Å²) in [5.74, 6) is 1.21. The van der Waals surface area contributed by atoms with E-state index in [4.69, 9.17) is 4.74 Å². The standard InChI is InChI=1S/C9H20N2OS/c1-11(4-6-13-2)7-9-8-12-5-3-10-9/h9-10H,3-8H2,1-2H3. The Morgan fingerprint density at radius 1 is 1.62 bits per heavy atom. The van der Waals surface area contributed by atoms with Crippen LogP contribution in [0.2, 0.25) is 0 Å². The Balaban J connectivity index is 2.07. The summed E-state index contributed by atoms with van der Waals surface area (Å²) >= 11 is 1.90. The molecule has 1 saturated heterocycles. The van der Waals surface area contributed by atoms with Gasteiger partial charge in [-0.1, -0.05) is 0 Å². The summed E-state index contributed by atoms with van der Waals surface area (Å²) < 4.78 is 5.39. The molecular weight excluding hydrogens is 184 g/mol. The zero-order chi connectivity index (χ0) is 9.52. The van der Waals surface area contributed by atoms with Crippen LogP contribution < -0.4 is 5.32 Å². The highest BCUT2D eigenvalue weighted by Gasteiger charge is 2.14. The van der Waals surface area contributed by atoms with Crippen LogP contribution in [0.25, 0.3) is 0 Å². The van der Waals surface area contributed by atoms with Gasteiger partial charge in [0, 0.05) is 31.4 Å². The van der Waals surface area contributed by atoms with Gasteiger partial charge in [0.2, 0.25) is 0 Å². The molecule has 0 aromatic heterocycles. The van der Waals surface area contributed by atoms with E-state index in [0.29, 0.717) is 6.04 Å². The third kappa shape index (κ3) is 4.86. The van der Waals surface area contributed by atoms with Gasteiger partial charge in [-0.3, -0.25) is 0 Å². The smallest absolute Gasteiger partial charge is 0.0632 e. The molecule has 1 unspecified atom stereocenters. The van der Waals surface area contributed by atoms with Gasteiger partial charge >= 0.3 is 0 Å². The second-order valence-electron chi connectivity index (χ2n) is 3.48. The molecule has 0 radical (unpaired) electrons. The maximum absolute atomic E-state index is 5.39. The molecule has 13 heavy (non-hydrogen) atoms. The second kappa shape index (κ2) is 6.65. The highest BCUT2D eigenvalue weighted by Crippen LogP contribution is 1.98. The van der Waals surface area contributed by atoms with Gasteiger partial charge in [0.05, 0.1) is 13.2 Å². The molecule has 78 valence electrons. The predicted octanol–water partition coefficient (Wildman–Crippen LogP) is 0.270. The third-order valence-electron chi connectivity index (χ3n) is 2.21. The number of rotatable bonds is 5. The zero-order valence-corrected chi connectivity index (χ0v) is 9.40. The molecule has 3 nitrogen and oxygen atoms in total. The van der Waals surface area contributed by atoms with Crippen molar-refractivity contribution in [2.75, 3.05) is 51.9 Å². The van der Waals surface area contributed by atoms with E-state index in [1.54, 1.807) is 0 Å². The summed E-state index contributed by atoms with van der Waals surface area (Å²) in [5, 5.41) is 3.45. The highest BCUT2D eigenvalue weighted by molar-refractivity contribution is 7.98. The van der Waals surface area contributed by atoms with Crippen LogP contribution in [0.5, 0.6) is 0 Å². The van der Waals surface area contributed by atoms with Crippen molar-refractivity contribution >= 4 is 11.8 Å². The topological polar surface area (TPSA) is 24.5 Å². The van der Waals surface area contributed by atoms with Crippen molar-refractivity contribution < 1.29 is 4.74 Å². The monoisotopic (exact) mass is 204 g/mol. The minimum absolute atomic E-state index is 0.528. The van der Waals surface area contributed by atoms with E-state index in [0.717, 1.165) is 26.3 Å². The van der Waals surface area contributed by atoms with Crippen LogP contribution in [0, 0.1) is 0 Å². The van der Waals surface area contributed by atoms with Crippen molar-refractivity contribution in [1.29, 1.82) is 0 Å². The Hall–Kier alpha value is 0.230. The van der Waals surface area contributed by atoms with Crippen LogP contribution in [0.3, 0.4) is 0 Å². The quantitative estimate of drug-likeness (QED) is 0.695. The summed E-state index contributed by atoms with van der Waals surface area (Å²) in [4.78, 5) is 2.36. The lowest BCUT2D eigenvalue weighted by Gasteiger charge is -2.28. The fourth-order valence-corrected chi connectivity index (χ4v) is 1.95. The first-order valence-electron chi connectivity index (χ1n) is 4.81. The van der Waals surface area contributed by atoms with Gasteiger partial charge in [-0.15, -0.1) is 0 Å². The van der Waals surface area contributed by atoms with Gasteiger partial charge in [-0.2, -0.15) is 11.8 Å². The van der Waals surface area contributed by atoms with Crippen molar-refractivity contribution in [2.45, 2.75) is 6.04 Å². The normalized spacial score (nSPS) is 23.8. The largest absolute Gasteiger partial charge is 0.378 e. The minimum atomic E-state index is 0.528. The van der Waals surface area contributed by atoms with E-state index in [1.807, 2.05) is 11.8 Å². The fourth-order valence-electron chi connectivity index (χ4n) is 1.45. The van der Waals surface area contributed by atoms with E-state index < -0.39 is 0 Å². The average molecular weight is 204 g/mol. The van der Waals surface area contributed by atoms with Crippen LogP contribution in [-0.2, 0) is 4.74 Å². The fraction of sp³-hybridized carbons (Fsp3) is 1.00. The van der Waals surface area contributed by atoms with Crippen molar-refractivity contribution in [3.05, 3.63) is 0 Å². The number of thioether (sulfide) groups is 1. The van der Waals surface area contributed by atoms with Crippen molar-refractivity contribution in [3.63, 3.8) is 0 Å². The summed E-state index contributed by atoms with van der Waals surface area (Å²) in [5.41, 5.74) is 0. The molecule has 1 atom stereocenters. The summed E-state index contributed by atoms with van der Waals surface area (Å²) in [6.07, 6.45) is 2.15. The van der Waals surface area contributed by atoms with E-state index in [1.165, 1.54) is 12.3 Å². The number of morpholine rings is 1. The van der Waals surface area contributed by atoms with Crippen molar-refractivity contribution in [2.24, 2.45) is 0 Å². The van der Waals surface area contributed by atoms with Crippen LogP contribution in [0.15, 0.2) is 0 Å². The van der Waals surface area contributed by atoms with E-state index in [-0.39, 0.29) is 0 Å². The zero-order valence-electron chi connectivity index (χ0n) is 8.58. The Morgan fingerprint density at radius 2 is 2.46 bits per heavy atom. The van der Waals surface area contributed by atoms with Crippen LogP contribution in [-0.4, -0.2) is 62.8 Å². The number of hydrogen-bond donors (Lipinski definition) is 1. The Kier molecular flexibility index (Phi) is 5.78. The Labute approximate surface area is 85.2 Å². The third-order valence-corrected chi connectivity index (χ3v) is 2.80. The number of nitrogens with one attached hydrogen (secondary N) is 1. The molecule has 0 aromatic rings. The number of ether oxygens (including phenoxy) is 1. The van der Waals surface area contributed by atoms with Crippen LogP contribution >= 0.6 is 11.8 Å². The predicted molar refractivity (Wildman–Crippen MR) is 58.5 cm³/mol. The molecule has 0 spiro atoms. The first-order valence-corrected chi connectivity index (χ1v) is 6.21. The first-order chi connectivity index (χ1) is 6.33. The molecule has 1 fully saturated rings. The lowest BCUT2D eigenvalue weighted by molar-refractivity contribution is 0.0661. The number of likely N-dealkylation sites (N-methyl/N-ethyl adjacent to an activating group) is 1. The molecule has 0 bridgehead atoms. The van der Waals surface area contributed by atoms with Gasteiger partial charge in [0.1, 0.15) is 0 Å².